The smallest absolute Gasteiger partial charge is 0.258 e. The Hall–Kier alpha value is -2.18. The summed E-state index contributed by atoms with van der Waals surface area (Å²) in [6.45, 7) is 5.75. The van der Waals surface area contributed by atoms with Crippen LogP contribution in [0.4, 0.5) is 5.69 Å². The highest BCUT2D eigenvalue weighted by molar-refractivity contribution is 7.89. The average molecular weight is 413 g/mol. The van der Waals surface area contributed by atoms with Crippen molar-refractivity contribution in [2.75, 3.05) is 24.5 Å². The number of nitrogens with zero attached hydrogens (tertiary/aromatic N) is 2. The predicted molar refractivity (Wildman–Crippen MR) is 115 cm³/mol. The Kier molecular flexibility index (Phi) is 5.49. The number of hydrogen-bond donors (Lipinski definition) is 0. The highest BCUT2D eigenvalue weighted by Crippen LogP contribution is 2.30. The van der Waals surface area contributed by atoms with E-state index in [1.54, 1.807) is 27.4 Å². The summed E-state index contributed by atoms with van der Waals surface area (Å²) in [7, 11) is -3.59. The summed E-state index contributed by atoms with van der Waals surface area (Å²) in [6.07, 6.45) is 3.62. The van der Waals surface area contributed by atoms with Gasteiger partial charge >= 0.3 is 0 Å². The first-order chi connectivity index (χ1) is 13.9. The molecule has 29 heavy (non-hydrogen) atoms. The van der Waals surface area contributed by atoms with Gasteiger partial charge in [-0.1, -0.05) is 31.2 Å². The number of para-hydroxylation sites is 1. The number of aryl methyl sites for hydroxylation is 2. The SMILES string of the molecule is Cc1ccc(S(=O)(=O)N2CCC(C)CC2)cc1C(=O)N1CCCc2ccccc21. The summed E-state index contributed by atoms with van der Waals surface area (Å²) >= 11 is 0. The van der Waals surface area contributed by atoms with E-state index in [2.05, 4.69) is 13.0 Å². The summed E-state index contributed by atoms with van der Waals surface area (Å²) in [5.74, 6) is 0.426. The van der Waals surface area contributed by atoms with Crippen LogP contribution < -0.4 is 4.90 Å². The minimum atomic E-state index is -3.59. The first-order valence-electron chi connectivity index (χ1n) is 10.4. The Morgan fingerprint density at radius 2 is 1.76 bits per heavy atom. The number of hydrogen-bond acceptors (Lipinski definition) is 3. The van der Waals surface area contributed by atoms with Crippen molar-refractivity contribution in [2.24, 2.45) is 5.92 Å². The van der Waals surface area contributed by atoms with Gasteiger partial charge in [0.2, 0.25) is 10.0 Å². The number of fused-ring (bicyclic) bond motifs is 1. The van der Waals surface area contributed by atoms with Gasteiger partial charge in [-0.25, -0.2) is 8.42 Å². The van der Waals surface area contributed by atoms with Gasteiger partial charge in [-0.15, -0.1) is 0 Å². The van der Waals surface area contributed by atoms with Crippen LogP contribution in [0.3, 0.4) is 0 Å². The molecule has 2 heterocycles. The summed E-state index contributed by atoms with van der Waals surface area (Å²) in [4.78, 5) is 15.4. The van der Waals surface area contributed by atoms with Crippen LogP contribution in [0, 0.1) is 12.8 Å². The third kappa shape index (κ3) is 3.83. The first kappa shape index (κ1) is 20.1. The van der Waals surface area contributed by atoms with Gasteiger partial charge < -0.3 is 4.90 Å². The van der Waals surface area contributed by atoms with Gasteiger partial charge in [-0.05, 0) is 67.9 Å². The first-order valence-corrected chi connectivity index (χ1v) is 11.8. The molecule has 1 saturated heterocycles. The number of carbonyl (C=O) groups is 1. The lowest BCUT2D eigenvalue weighted by Gasteiger charge is -2.31. The third-order valence-electron chi connectivity index (χ3n) is 6.18. The largest absolute Gasteiger partial charge is 0.308 e. The van der Waals surface area contributed by atoms with E-state index in [9.17, 15) is 13.2 Å². The maximum atomic E-state index is 13.4. The summed E-state index contributed by atoms with van der Waals surface area (Å²) in [5, 5.41) is 0. The van der Waals surface area contributed by atoms with E-state index in [0.29, 0.717) is 31.1 Å². The van der Waals surface area contributed by atoms with E-state index in [1.165, 1.54) is 0 Å². The fourth-order valence-electron chi connectivity index (χ4n) is 4.26. The van der Waals surface area contributed by atoms with Crippen molar-refractivity contribution < 1.29 is 13.2 Å². The standard InChI is InChI=1S/C23H28N2O3S/c1-17-11-14-24(15-12-17)29(27,28)20-10-9-18(2)21(16-20)23(26)25-13-5-7-19-6-3-4-8-22(19)25/h3-4,6,8-10,16-17H,5,7,11-15H2,1-2H3. The Bertz CT molecular complexity index is 1020. The minimum absolute atomic E-state index is 0.126. The molecule has 0 radical (unpaired) electrons. The molecule has 0 unspecified atom stereocenters. The zero-order valence-corrected chi connectivity index (χ0v) is 17.9. The molecule has 2 aromatic rings. The molecular formula is C23H28N2O3S. The fraction of sp³-hybridized carbons (Fsp3) is 0.435. The molecule has 2 aromatic carbocycles. The molecule has 1 fully saturated rings. The molecule has 0 aromatic heterocycles. The van der Waals surface area contributed by atoms with E-state index >= 15 is 0 Å². The number of amides is 1. The van der Waals surface area contributed by atoms with Gasteiger partial charge in [0.05, 0.1) is 4.90 Å². The maximum absolute atomic E-state index is 13.4. The molecule has 6 heteroatoms. The van der Waals surface area contributed by atoms with E-state index in [-0.39, 0.29) is 10.8 Å². The van der Waals surface area contributed by atoms with Crippen molar-refractivity contribution in [1.82, 2.24) is 4.31 Å². The quantitative estimate of drug-likeness (QED) is 0.765. The predicted octanol–water partition coefficient (Wildman–Crippen LogP) is 4.01. The molecule has 0 atom stereocenters. The van der Waals surface area contributed by atoms with E-state index in [0.717, 1.165) is 42.5 Å². The third-order valence-corrected chi connectivity index (χ3v) is 8.07. The monoisotopic (exact) mass is 412 g/mol. The zero-order chi connectivity index (χ0) is 20.6. The molecule has 2 aliphatic heterocycles. The molecule has 154 valence electrons. The molecule has 0 N–H and O–H groups in total. The second-order valence-electron chi connectivity index (χ2n) is 8.25. The van der Waals surface area contributed by atoms with Crippen LogP contribution >= 0.6 is 0 Å². The van der Waals surface area contributed by atoms with Crippen LogP contribution in [0.2, 0.25) is 0 Å². The Balaban J connectivity index is 1.67. The van der Waals surface area contributed by atoms with Gasteiger partial charge in [0.1, 0.15) is 0 Å². The zero-order valence-electron chi connectivity index (χ0n) is 17.1. The normalized spacial score (nSPS) is 18.5. The maximum Gasteiger partial charge on any atom is 0.258 e. The molecule has 5 nitrogen and oxygen atoms in total. The van der Waals surface area contributed by atoms with Gasteiger partial charge in [0, 0.05) is 30.9 Å². The number of carbonyl (C=O) groups excluding carboxylic acids is 1. The van der Waals surface area contributed by atoms with Crippen molar-refractivity contribution in [2.45, 2.75) is 44.4 Å². The van der Waals surface area contributed by atoms with Gasteiger partial charge in [-0.2, -0.15) is 4.31 Å². The molecule has 0 aliphatic carbocycles. The van der Waals surface area contributed by atoms with Crippen LogP contribution in [0.15, 0.2) is 47.4 Å². The lowest BCUT2D eigenvalue weighted by molar-refractivity contribution is 0.0984. The van der Waals surface area contributed by atoms with Crippen molar-refractivity contribution in [3.05, 3.63) is 59.2 Å². The van der Waals surface area contributed by atoms with Crippen LogP contribution in [0.1, 0.15) is 47.7 Å². The molecule has 0 saturated carbocycles. The van der Waals surface area contributed by atoms with Crippen molar-refractivity contribution in [1.29, 1.82) is 0 Å². The minimum Gasteiger partial charge on any atom is -0.308 e. The van der Waals surface area contributed by atoms with Crippen LogP contribution in [0.25, 0.3) is 0 Å². The van der Waals surface area contributed by atoms with E-state index < -0.39 is 10.0 Å². The molecule has 2 aliphatic rings. The van der Waals surface area contributed by atoms with Gasteiger partial charge in [-0.3, -0.25) is 4.79 Å². The highest BCUT2D eigenvalue weighted by Gasteiger charge is 2.30. The average Bonchev–Trinajstić information content (AvgIpc) is 2.73. The van der Waals surface area contributed by atoms with Gasteiger partial charge in [0.25, 0.3) is 5.91 Å². The summed E-state index contributed by atoms with van der Waals surface area (Å²) in [5.41, 5.74) is 3.36. The molecule has 0 bridgehead atoms. The van der Waals surface area contributed by atoms with E-state index in [4.69, 9.17) is 0 Å². The second-order valence-corrected chi connectivity index (χ2v) is 10.2. The summed E-state index contributed by atoms with van der Waals surface area (Å²) < 4.78 is 27.9. The van der Waals surface area contributed by atoms with Crippen molar-refractivity contribution >= 4 is 21.6 Å². The number of benzene rings is 2. The van der Waals surface area contributed by atoms with Crippen LogP contribution in [-0.4, -0.2) is 38.3 Å². The number of piperidine rings is 1. The van der Waals surface area contributed by atoms with Crippen LogP contribution in [-0.2, 0) is 16.4 Å². The molecular weight excluding hydrogens is 384 g/mol. The Morgan fingerprint density at radius 3 is 2.52 bits per heavy atom. The number of rotatable bonds is 3. The Labute approximate surface area is 173 Å². The van der Waals surface area contributed by atoms with Crippen molar-refractivity contribution in [3.8, 4) is 0 Å². The lowest BCUT2D eigenvalue weighted by atomic mass is 10.00. The van der Waals surface area contributed by atoms with E-state index in [1.807, 2.05) is 25.1 Å². The van der Waals surface area contributed by atoms with Crippen molar-refractivity contribution in [3.63, 3.8) is 0 Å². The summed E-state index contributed by atoms with van der Waals surface area (Å²) in [6, 6.07) is 12.9. The number of anilines is 1. The van der Waals surface area contributed by atoms with Gasteiger partial charge in [0.15, 0.2) is 0 Å². The van der Waals surface area contributed by atoms with Crippen LogP contribution in [0.5, 0.6) is 0 Å². The second kappa shape index (κ2) is 7.92. The lowest BCUT2D eigenvalue weighted by Crippen LogP contribution is -2.38. The molecule has 0 spiro atoms. The fourth-order valence-corrected chi connectivity index (χ4v) is 5.75. The Morgan fingerprint density at radius 1 is 1.03 bits per heavy atom. The number of sulfonamides is 1. The highest BCUT2D eigenvalue weighted by atomic mass is 32.2. The molecule has 4 rings (SSSR count). The topological polar surface area (TPSA) is 57.7 Å². The molecule has 1 amide bonds.